The number of anilines is 1. The number of unbranched alkanes of at least 4 members (excludes halogenated alkanes) is 2. The number of nitrogens with two attached hydrogens (primary N) is 1. The number of nitrogens with zero attached hydrogens (tertiary/aromatic N) is 2. The second-order valence-electron chi connectivity index (χ2n) is 4.02. The highest BCUT2D eigenvalue weighted by Crippen LogP contribution is 2.27. The molecule has 1 aromatic rings. The van der Waals surface area contributed by atoms with Gasteiger partial charge in [0.15, 0.2) is 0 Å². The van der Waals surface area contributed by atoms with Gasteiger partial charge in [-0.25, -0.2) is 13.6 Å². The molecule has 108 valence electrons. The second kappa shape index (κ2) is 6.83. The van der Waals surface area contributed by atoms with Crippen LogP contribution in [0.15, 0.2) is 23.1 Å². The van der Waals surface area contributed by atoms with E-state index in [0.29, 0.717) is 25.8 Å². The van der Waals surface area contributed by atoms with E-state index < -0.39 is 14.9 Å². The van der Waals surface area contributed by atoms with Crippen LogP contribution < -0.4 is 10.5 Å². The smallest absolute Gasteiger partial charge is 0.293 e. The van der Waals surface area contributed by atoms with E-state index in [2.05, 4.69) is 5.32 Å². The van der Waals surface area contributed by atoms with Crippen LogP contribution >= 0.6 is 0 Å². The van der Waals surface area contributed by atoms with Gasteiger partial charge in [-0.05, 0) is 25.0 Å². The molecule has 1 rings (SSSR count). The summed E-state index contributed by atoms with van der Waals surface area (Å²) < 4.78 is 22.3. The Balaban J connectivity index is 2.87. The average Bonchev–Trinajstić information content (AvgIpc) is 2.37. The van der Waals surface area contributed by atoms with Crippen molar-refractivity contribution in [2.24, 2.45) is 5.14 Å². The van der Waals surface area contributed by atoms with Crippen molar-refractivity contribution >= 4 is 21.4 Å². The fraction of sp³-hybridized carbons (Fsp3) is 0.364. The Morgan fingerprint density at radius 2 is 2.10 bits per heavy atom. The zero-order valence-corrected chi connectivity index (χ0v) is 11.4. The van der Waals surface area contributed by atoms with Crippen LogP contribution in [0, 0.1) is 21.4 Å². The van der Waals surface area contributed by atoms with Gasteiger partial charge in [0.25, 0.3) is 5.69 Å². The number of primary sulfonamides is 1. The van der Waals surface area contributed by atoms with Gasteiger partial charge in [-0.2, -0.15) is 5.26 Å². The van der Waals surface area contributed by atoms with Crippen LogP contribution in [0.1, 0.15) is 19.3 Å². The van der Waals surface area contributed by atoms with Crippen molar-refractivity contribution < 1.29 is 13.3 Å². The van der Waals surface area contributed by atoms with Crippen LogP contribution in [0.5, 0.6) is 0 Å². The van der Waals surface area contributed by atoms with Crippen molar-refractivity contribution in [2.75, 3.05) is 11.9 Å². The first kappa shape index (κ1) is 15.9. The molecular formula is C11H14N4O4S. The molecule has 0 atom stereocenters. The lowest BCUT2D eigenvalue weighted by Gasteiger charge is -2.07. The van der Waals surface area contributed by atoms with E-state index in [0.717, 1.165) is 6.07 Å². The summed E-state index contributed by atoms with van der Waals surface area (Å²) in [6.07, 6.45) is 1.79. The van der Waals surface area contributed by atoms with Crippen LogP contribution in [-0.2, 0) is 10.0 Å². The van der Waals surface area contributed by atoms with Crippen molar-refractivity contribution in [1.82, 2.24) is 0 Å². The molecule has 0 aliphatic carbocycles. The van der Waals surface area contributed by atoms with Crippen LogP contribution in [-0.4, -0.2) is 19.9 Å². The molecule has 0 spiro atoms. The lowest BCUT2D eigenvalue weighted by atomic mass is 10.2. The molecule has 0 saturated heterocycles. The summed E-state index contributed by atoms with van der Waals surface area (Å²) in [6, 6.07) is 5.44. The number of benzene rings is 1. The summed E-state index contributed by atoms with van der Waals surface area (Å²) >= 11 is 0. The number of nitro benzene ring substituents is 1. The van der Waals surface area contributed by atoms with Gasteiger partial charge in [-0.3, -0.25) is 10.1 Å². The van der Waals surface area contributed by atoms with Crippen molar-refractivity contribution in [3.05, 3.63) is 28.3 Å². The Labute approximate surface area is 116 Å². The highest BCUT2D eigenvalue weighted by Gasteiger charge is 2.18. The number of nitrogens with one attached hydrogen (secondary N) is 1. The van der Waals surface area contributed by atoms with E-state index in [1.165, 1.54) is 12.1 Å². The molecule has 0 aliphatic rings. The van der Waals surface area contributed by atoms with E-state index in [4.69, 9.17) is 10.4 Å². The number of sulfonamides is 1. The van der Waals surface area contributed by atoms with Gasteiger partial charge in [0.05, 0.1) is 15.9 Å². The Hall–Kier alpha value is -2.18. The zero-order valence-electron chi connectivity index (χ0n) is 10.6. The van der Waals surface area contributed by atoms with Gasteiger partial charge in [0, 0.05) is 19.0 Å². The molecule has 0 amide bonds. The van der Waals surface area contributed by atoms with E-state index in [9.17, 15) is 18.5 Å². The highest BCUT2D eigenvalue weighted by molar-refractivity contribution is 7.89. The van der Waals surface area contributed by atoms with E-state index in [1.807, 2.05) is 6.07 Å². The minimum atomic E-state index is -3.98. The van der Waals surface area contributed by atoms with Crippen molar-refractivity contribution in [2.45, 2.75) is 24.2 Å². The first-order chi connectivity index (χ1) is 9.36. The molecule has 0 aliphatic heterocycles. The number of rotatable bonds is 7. The van der Waals surface area contributed by atoms with E-state index in [-0.39, 0.29) is 16.3 Å². The lowest BCUT2D eigenvalue weighted by molar-refractivity contribution is -0.384. The third-order valence-electron chi connectivity index (χ3n) is 2.53. The molecular weight excluding hydrogens is 284 g/mol. The van der Waals surface area contributed by atoms with E-state index in [1.54, 1.807) is 0 Å². The van der Waals surface area contributed by atoms with Crippen LogP contribution in [0.2, 0.25) is 0 Å². The van der Waals surface area contributed by atoms with Gasteiger partial charge in [-0.15, -0.1) is 0 Å². The van der Waals surface area contributed by atoms with Crippen LogP contribution in [0.3, 0.4) is 0 Å². The molecule has 0 radical (unpaired) electrons. The average molecular weight is 298 g/mol. The molecule has 9 heteroatoms. The van der Waals surface area contributed by atoms with Crippen molar-refractivity contribution in [3.63, 3.8) is 0 Å². The Morgan fingerprint density at radius 1 is 1.40 bits per heavy atom. The van der Waals surface area contributed by atoms with Gasteiger partial charge < -0.3 is 5.32 Å². The monoisotopic (exact) mass is 298 g/mol. The molecule has 0 saturated carbocycles. The molecule has 0 unspecified atom stereocenters. The Bertz CT molecular complexity index is 636. The number of nitriles is 1. The predicted molar refractivity (Wildman–Crippen MR) is 72.4 cm³/mol. The van der Waals surface area contributed by atoms with Crippen molar-refractivity contribution in [3.8, 4) is 6.07 Å². The number of nitro groups is 1. The Morgan fingerprint density at radius 3 is 2.65 bits per heavy atom. The largest absolute Gasteiger partial charge is 0.379 e. The molecule has 1 aromatic carbocycles. The van der Waals surface area contributed by atoms with Gasteiger partial charge in [0.1, 0.15) is 5.69 Å². The van der Waals surface area contributed by atoms with Crippen LogP contribution in [0.4, 0.5) is 11.4 Å². The fourth-order valence-corrected chi connectivity index (χ4v) is 2.07. The van der Waals surface area contributed by atoms with E-state index >= 15 is 0 Å². The highest BCUT2D eigenvalue weighted by atomic mass is 32.2. The van der Waals surface area contributed by atoms with Crippen LogP contribution in [0.25, 0.3) is 0 Å². The maximum atomic E-state index is 11.2. The number of hydrogen-bond acceptors (Lipinski definition) is 6. The summed E-state index contributed by atoms with van der Waals surface area (Å²) in [5.41, 5.74) is -0.129. The third kappa shape index (κ3) is 4.49. The molecule has 0 heterocycles. The summed E-state index contributed by atoms with van der Waals surface area (Å²) in [5.74, 6) is 0. The Kier molecular flexibility index (Phi) is 5.42. The minimum Gasteiger partial charge on any atom is -0.379 e. The lowest BCUT2D eigenvalue weighted by Crippen LogP contribution is -2.13. The molecule has 0 aromatic heterocycles. The quantitative estimate of drug-likeness (QED) is 0.442. The maximum absolute atomic E-state index is 11.2. The molecule has 20 heavy (non-hydrogen) atoms. The maximum Gasteiger partial charge on any atom is 0.293 e. The van der Waals surface area contributed by atoms with Crippen molar-refractivity contribution in [1.29, 1.82) is 5.26 Å². The zero-order chi connectivity index (χ0) is 15.2. The van der Waals surface area contributed by atoms with Gasteiger partial charge in [-0.1, -0.05) is 0 Å². The second-order valence-corrected chi connectivity index (χ2v) is 5.58. The molecule has 0 fully saturated rings. The van der Waals surface area contributed by atoms with Gasteiger partial charge in [0.2, 0.25) is 10.0 Å². The minimum absolute atomic E-state index is 0.222. The normalized spacial score (nSPS) is 10.8. The summed E-state index contributed by atoms with van der Waals surface area (Å²) in [4.78, 5) is 9.94. The first-order valence-corrected chi connectivity index (χ1v) is 7.33. The number of hydrogen-bond donors (Lipinski definition) is 2. The molecule has 8 nitrogen and oxygen atoms in total. The summed E-state index contributed by atoms with van der Waals surface area (Å²) in [6.45, 7) is 0.456. The topological polar surface area (TPSA) is 139 Å². The summed E-state index contributed by atoms with van der Waals surface area (Å²) in [7, 11) is -3.98. The predicted octanol–water partition coefficient (Wildman–Crippen LogP) is 1.35. The standard InChI is InChI=1S/C11H14N4O4S/c12-6-2-1-3-7-14-10-5-4-9(20(13,18)19)8-11(10)15(16)17/h4-5,8,14H,1-3,7H2,(H2,13,18,19). The molecule has 0 bridgehead atoms. The summed E-state index contributed by atoms with van der Waals surface area (Å²) in [5, 5.41) is 27.1. The van der Waals surface area contributed by atoms with Gasteiger partial charge >= 0.3 is 0 Å². The SMILES string of the molecule is N#CCCCCNc1ccc(S(N)(=O)=O)cc1[N+](=O)[O-]. The molecule has 3 N–H and O–H groups in total. The first-order valence-electron chi connectivity index (χ1n) is 5.78. The third-order valence-corrected chi connectivity index (χ3v) is 3.44. The fourth-order valence-electron chi connectivity index (χ4n) is 1.54.